The smallest absolute Gasteiger partial charge is 0.173 e. The van der Waals surface area contributed by atoms with E-state index in [9.17, 15) is 0 Å². The Hall–Kier alpha value is -1.65. The normalized spacial score (nSPS) is 11.2. The Bertz CT molecular complexity index is 246. The minimum absolute atomic E-state index is 0.271. The quantitative estimate of drug-likeness (QED) is 0.360. The van der Waals surface area contributed by atoms with Gasteiger partial charge in [0.1, 0.15) is 13.4 Å². The molecule has 1 aromatic heterocycles. The van der Waals surface area contributed by atoms with Crippen molar-refractivity contribution in [3.05, 3.63) is 24.3 Å². The van der Waals surface area contributed by atoms with E-state index in [4.69, 9.17) is 5.73 Å². The fraction of sp³-hybridized carbons (Fsp3) is 0.167. The van der Waals surface area contributed by atoms with Crippen LogP contribution in [0, 0.1) is 0 Å². The molecule has 0 atom stereocenters. The second-order valence-corrected chi connectivity index (χ2v) is 1.79. The van der Waals surface area contributed by atoms with Crippen LogP contribution in [-0.2, 0) is 4.84 Å². The van der Waals surface area contributed by atoms with E-state index < -0.39 is 0 Å². The van der Waals surface area contributed by atoms with E-state index in [0.717, 1.165) is 0 Å². The maximum Gasteiger partial charge on any atom is 0.173 e. The van der Waals surface area contributed by atoms with Crippen molar-refractivity contribution in [3.63, 3.8) is 0 Å². The highest BCUT2D eigenvalue weighted by Crippen LogP contribution is 1.91. The van der Waals surface area contributed by atoms with Crippen LogP contribution < -0.4 is 5.73 Å². The molecule has 0 saturated carbocycles. The van der Waals surface area contributed by atoms with Gasteiger partial charge >= 0.3 is 0 Å². The zero-order valence-corrected chi connectivity index (χ0v) is 6.06. The van der Waals surface area contributed by atoms with Crippen molar-refractivity contribution >= 4 is 5.84 Å². The van der Waals surface area contributed by atoms with Gasteiger partial charge < -0.3 is 10.6 Å². The van der Waals surface area contributed by atoms with Gasteiger partial charge in [0.05, 0.1) is 5.56 Å². The maximum absolute atomic E-state index is 5.45. The number of oxime groups is 1. The summed E-state index contributed by atoms with van der Waals surface area (Å²) >= 11 is 0. The molecule has 0 aliphatic rings. The third kappa shape index (κ3) is 1.89. The summed E-state index contributed by atoms with van der Waals surface area (Å²) in [6.45, 7) is 0. The van der Waals surface area contributed by atoms with Gasteiger partial charge in [0, 0.05) is 12.4 Å². The van der Waals surface area contributed by atoms with Crippen molar-refractivity contribution in [2.24, 2.45) is 10.9 Å². The van der Waals surface area contributed by atoms with E-state index in [-0.39, 0.29) is 5.84 Å². The number of amidine groups is 1. The first-order valence-electron chi connectivity index (χ1n) is 2.96. The SMILES string of the molecule is CON=C(N)c1cncnc1. The molecule has 0 saturated heterocycles. The number of nitrogens with zero attached hydrogens (tertiary/aromatic N) is 3. The lowest BCUT2D eigenvalue weighted by Gasteiger charge is -1.95. The third-order valence-corrected chi connectivity index (χ3v) is 1.05. The summed E-state index contributed by atoms with van der Waals surface area (Å²) in [7, 11) is 1.43. The van der Waals surface area contributed by atoms with E-state index in [1.807, 2.05) is 0 Å². The van der Waals surface area contributed by atoms with Gasteiger partial charge in [-0.2, -0.15) is 0 Å². The minimum Gasteiger partial charge on any atom is -0.397 e. The monoisotopic (exact) mass is 152 g/mol. The number of nitrogens with two attached hydrogens (primary N) is 1. The second-order valence-electron chi connectivity index (χ2n) is 1.79. The van der Waals surface area contributed by atoms with Crippen LogP contribution in [0.5, 0.6) is 0 Å². The van der Waals surface area contributed by atoms with Gasteiger partial charge in [-0.3, -0.25) is 0 Å². The molecule has 1 aromatic rings. The summed E-state index contributed by atoms with van der Waals surface area (Å²) in [5.74, 6) is 0.271. The zero-order chi connectivity index (χ0) is 8.10. The summed E-state index contributed by atoms with van der Waals surface area (Å²) in [5, 5.41) is 3.51. The minimum atomic E-state index is 0.271. The summed E-state index contributed by atoms with van der Waals surface area (Å²) < 4.78 is 0. The largest absolute Gasteiger partial charge is 0.397 e. The highest BCUT2D eigenvalue weighted by atomic mass is 16.6. The van der Waals surface area contributed by atoms with Gasteiger partial charge in [0.15, 0.2) is 5.84 Å². The Morgan fingerprint density at radius 3 is 2.73 bits per heavy atom. The fourth-order valence-corrected chi connectivity index (χ4v) is 0.582. The topological polar surface area (TPSA) is 73.4 Å². The number of hydrogen-bond donors (Lipinski definition) is 1. The molecule has 0 spiro atoms. The van der Waals surface area contributed by atoms with Crippen molar-refractivity contribution in [1.29, 1.82) is 0 Å². The molecule has 0 aliphatic carbocycles. The van der Waals surface area contributed by atoms with Crippen LogP contribution in [0.4, 0.5) is 0 Å². The zero-order valence-electron chi connectivity index (χ0n) is 6.06. The average molecular weight is 152 g/mol. The van der Waals surface area contributed by atoms with Gasteiger partial charge in [0.25, 0.3) is 0 Å². The maximum atomic E-state index is 5.45. The predicted molar refractivity (Wildman–Crippen MR) is 39.8 cm³/mol. The first-order chi connectivity index (χ1) is 5.34. The van der Waals surface area contributed by atoms with Gasteiger partial charge in [-0.05, 0) is 0 Å². The van der Waals surface area contributed by atoms with Crippen molar-refractivity contribution in [1.82, 2.24) is 9.97 Å². The van der Waals surface area contributed by atoms with Crippen LogP contribution in [0.15, 0.2) is 23.9 Å². The molecule has 0 radical (unpaired) electrons. The molecule has 0 bridgehead atoms. The molecule has 2 N–H and O–H groups in total. The van der Waals surface area contributed by atoms with Crippen LogP contribution >= 0.6 is 0 Å². The summed E-state index contributed by atoms with van der Waals surface area (Å²) in [5.41, 5.74) is 6.10. The van der Waals surface area contributed by atoms with E-state index in [1.165, 1.54) is 13.4 Å². The van der Waals surface area contributed by atoms with E-state index in [0.29, 0.717) is 5.56 Å². The second kappa shape index (κ2) is 3.50. The third-order valence-electron chi connectivity index (χ3n) is 1.05. The van der Waals surface area contributed by atoms with Crippen LogP contribution in [0.1, 0.15) is 5.56 Å². The molecule has 58 valence electrons. The molecule has 1 heterocycles. The van der Waals surface area contributed by atoms with Crippen molar-refractivity contribution in [2.45, 2.75) is 0 Å². The fourth-order valence-electron chi connectivity index (χ4n) is 0.582. The van der Waals surface area contributed by atoms with Gasteiger partial charge in [-0.15, -0.1) is 0 Å². The highest BCUT2D eigenvalue weighted by molar-refractivity contribution is 5.96. The molecule has 0 amide bonds. The van der Waals surface area contributed by atoms with Crippen LogP contribution in [0.25, 0.3) is 0 Å². The summed E-state index contributed by atoms with van der Waals surface area (Å²) in [4.78, 5) is 12.0. The Kier molecular flexibility index (Phi) is 2.37. The first-order valence-corrected chi connectivity index (χ1v) is 2.96. The Balaban J connectivity index is 2.85. The van der Waals surface area contributed by atoms with E-state index in [2.05, 4.69) is 20.0 Å². The number of aromatic nitrogens is 2. The molecule has 0 aliphatic heterocycles. The van der Waals surface area contributed by atoms with Crippen molar-refractivity contribution in [2.75, 3.05) is 7.11 Å². The summed E-state index contributed by atoms with van der Waals surface area (Å²) in [6.07, 6.45) is 4.54. The lowest BCUT2D eigenvalue weighted by Crippen LogP contribution is -2.13. The van der Waals surface area contributed by atoms with Crippen LogP contribution in [0.3, 0.4) is 0 Å². The lowest BCUT2D eigenvalue weighted by atomic mass is 10.3. The molecular weight excluding hydrogens is 144 g/mol. The number of rotatable bonds is 2. The highest BCUT2D eigenvalue weighted by Gasteiger charge is 1.96. The summed E-state index contributed by atoms with van der Waals surface area (Å²) in [6, 6.07) is 0. The van der Waals surface area contributed by atoms with E-state index >= 15 is 0 Å². The standard InChI is InChI=1S/C6H8N4O/c1-11-10-6(7)5-2-8-4-9-3-5/h2-4H,1H3,(H2,7,10). The molecule has 0 unspecified atom stereocenters. The van der Waals surface area contributed by atoms with E-state index in [1.54, 1.807) is 12.4 Å². The van der Waals surface area contributed by atoms with Gasteiger partial charge in [-0.1, -0.05) is 5.16 Å². The van der Waals surface area contributed by atoms with Crippen LogP contribution in [0.2, 0.25) is 0 Å². The molecule has 1 rings (SSSR count). The first kappa shape index (κ1) is 7.46. The van der Waals surface area contributed by atoms with Crippen molar-refractivity contribution < 1.29 is 4.84 Å². The average Bonchev–Trinajstić information content (AvgIpc) is 2.07. The predicted octanol–water partition coefficient (Wildman–Crippen LogP) is -0.257. The Morgan fingerprint density at radius 2 is 2.18 bits per heavy atom. The molecule has 0 aromatic carbocycles. The molecule has 5 nitrogen and oxygen atoms in total. The van der Waals surface area contributed by atoms with Gasteiger partial charge in [0.2, 0.25) is 0 Å². The lowest BCUT2D eigenvalue weighted by molar-refractivity contribution is 0.213. The molecule has 11 heavy (non-hydrogen) atoms. The molecule has 0 fully saturated rings. The molecular formula is C6H8N4O. The van der Waals surface area contributed by atoms with Crippen LogP contribution in [-0.4, -0.2) is 22.9 Å². The van der Waals surface area contributed by atoms with Crippen molar-refractivity contribution in [3.8, 4) is 0 Å². The van der Waals surface area contributed by atoms with Gasteiger partial charge in [-0.25, -0.2) is 9.97 Å². The number of hydrogen-bond acceptors (Lipinski definition) is 4. The Morgan fingerprint density at radius 1 is 1.55 bits per heavy atom. The Labute approximate surface area is 63.9 Å². The molecule has 5 heteroatoms.